The maximum Gasteiger partial charge on any atom is 0.410 e. The van der Waals surface area contributed by atoms with E-state index in [2.05, 4.69) is 40.1 Å². The lowest BCUT2D eigenvalue weighted by atomic mass is 10.2. The van der Waals surface area contributed by atoms with E-state index >= 15 is 0 Å². The van der Waals surface area contributed by atoms with Crippen molar-refractivity contribution < 1.29 is 33.8 Å². The van der Waals surface area contributed by atoms with E-state index in [0.29, 0.717) is 59.2 Å². The second kappa shape index (κ2) is 19.6. The number of pyridine rings is 2. The SMILES string of the molecule is CN(C)C(=O)c1cc2cnc(Nc3ccc(C(=O)N4C[C@@H]5CC4CN5C(=O)OC(C)(C)C)cn3)nc2n1C1CCCC1.CN(C)C(=O)c1cc2cnc(Nc3ccc(C(=O)O)cn3)nc2n1C1CCCC1. The largest absolute Gasteiger partial charge is 0.478 e. The van der Waals surface area contributed by atoms with Crippen LogP contribution in [0.2, 0.25) is 0 Å². The second-order valence-corrected chi connectivity index (χ2v) is 20.1. The number of likely N-dealkylation sites (tertiary alicyclic amines) is 2. The van der Waals surface area contributed by atoms with E-state index in [0.717, 1.165) is 74.2 Å². The number of carbonyl (C=O) groups excluding carboxylic acids is 4. The topological polar surface area (TPSA) is 239 Å². The third-order valence-corrected chi connectivity index (χ3v) is 13.4. The van der Waals surface area contributed by atoms with Gasteiger partial charge in [0.25, 0.3) is 17.7 Å². The van der Waals surface area contributed by atoms with Crippen molar-refractivity contribution >= 4 is 75.4 Å². The number of carbonyl (C=O) groups is 5. The molecule has 2 saturated carbocycles. The predicted molar refractivity (Wildman–Crippen MR) is 264 cm³/mol. The molecule has 4 amide bonds. The number of piperazine rings is 1. The van der Waals surface area contributed by atoms with Crippen LogP contribution >= 0.6 is 0 Å². The molecule has 8 heterocycles. The zero-order valence-corrected chi connectivity index (χ0v) is 41.1. The Morgan fingerprint density at radius 1 is 0.620 bits per heavy atom. The third-order valence-electron chi connectivity index (χ3n) is 13.4. The van der Waals surface area contributed by atoms with Gasteiger partial charge in [0.1, 0.15) is 39.9 Å². The lowest BCUT2D eigenvalue weighted by Gasteiger charge is -2.35. The number of carboxylic acids is 1. The highest BCUT2D eigenvalue weighted by atomic mass is 16.6. The van der Waals surface area contributed by atoms with Crippen LogP contribution < -0.4 is 10.6 Å². The van der Waals surface area contributed by atoms with Crippen molar-refractivity contribution in [3.8, 4) is 0 Å². The molecule has 21 heteroatoms. The summed E-state index contributed by atoms with van der Waals surface area (Å²) in [6, 6.07) is 10.6. The molecule has 6 aromatic heterocycles. The van der Waals surface area contributed by atoms with E-state index in [-0.39, 0.29) is 53.5 Å². The van der Waals surface area contributed by atoms with Crippen LogP contribution in [0.3, 0.4) is 0 Å². The molecule has 21 nitrogen and oxygen atoms in total. The van der Waals surface area contributed by atoms with Crippen molar-refractivity contribution in [1.29, 1.82) is 0 Å². The van der Waals surface area contributed by atoms with Gasteiger partial charge in [-0.3, -0.25) is 14.4 Å². The number of rotatable bonds is 10. The number of nitrogens with zero attached hydrogens (tertiary/aromatic N) is 12. The molecule has 1 unspecified atom stereocenters. The number of hydrogen-bond donors (Lipinski definition) is 3. The van der Waals surface area contributed by atoms with Gasteiger partial charge in [-0.1, -0.05) is 25.7 Å². The molecule has 0 radical (unpaired) electrons. The minimum absolute atomic E-state index is 0.0340. The van der Waals surface area contributed by atoms with Crippen LogP contribution in [0.25, 0.3) is 22.1 Å². The van der Waals surface area contributed by atoms with Gasteiger partial charge >= 0.3 is 12.1 Å². The Balaban J connectivity index is 0.000000188. The van der Waals surface area contributed by atoms with Crippen LogP contribution in [0.5, 0.6) is 0 Å². The number of ether oxygens (including phenoxy) is 1. The van der Waals surface area contributed by atoms with Gasteiger partial charge in [-0.2, -0.15) is 9.97 Å². The molecular formula is C50H60N14O7. The number of fused-ring (bicyclic) bond motifs is 4. The fourth-order valence-corrected chi connectivity index (χ4v) is 10.0. The zero-order valence-electron chi connectivity index (χ0n) is 41.1. The molecule has 2 bridgehead atoms. The average Bonchev–Trinajstić information content (AvgIpc) is 4.21. The minimum atomic E-state index is -1.03. The van der Waals surface area contributed by atoms with Crippen LogP contribution in [0, 0.1) is 0 Å². The molecule has 4 aliphatic rings. The summed E-state index contributed by atoms with van der Waals surface area (Å²) < 4.78 is 9.64. The van der Waals surface area contributed by atoms with E-state index in [1.165, 1.54) is 12.3 Å². The first-order valence-corrected chi connectivity index (χ1v) is 24.1. The Labute approximate surface area is 410 Å². The highest BCUT2D eigenvalue weighted by Gasteiger charge is 2.48. The molecular weight excluding hydrogens is 909 g/mol. The summed E-state index contributed by atoms with van der Waals surface area (Å²) in [4.78, 5) is 96.0. The Hall–Kier alpha value is -7.71. The van der Waals surface area contributed by atoms with Crippen molar-refractivity contribution in [2.45, 2.75) is 108 Å². The van der Waals surface area contributed by atoms with E-state index in [4.69, 9.17) is 14.8 Å². The minimum Gasteiger partial charge on any atom is -0.478 e. The van der Waals surface area contributed by atoms with Gasteiger partial charge in [-0.15, -0.1) is 0 Å². The fourth-order valence-electron chi connectivity index (χ4n) is 10.0. The Bertz CT molecular complexity index is 2990. The van der Waals surface area contributed by atoms with E-state index in [9.17, 15) is 24.0 Å². The molecule has 2 atom stereocenters. The number of anilines is 4. The standard InChI is InChI=1S/C30H38N8O4.C20H22N6O3/c1-30(2,3)42-29(41)37-17-21-13-22(37)16-36(21)26(39)18-10-11-24(31-14-18)33-28-32-15-19-12-23(27(40)35(4)5)38(25(19)34-28)20-8-6-7-9-20;1-25(2)18(27)15-9-13-11-22-20(23-16-8-7-12(10-21-16)19(28)29)24-17(13)26(15)14-5-3-4-6-14/h10-12,14-15,20-22H,6-9,13,16-17H2,1-5H3,(H,31,32,33,34);7-11,14H,3-6H2,1-2H3,(H,28,29)(H,21,22,23,24)/t21?,22-;/m0./s1. The summed E-state index contributed by atoms with van der Waals surface area (Å²) >= 11 is 0. The van der Waals surface area contributed by atoms with Crippen molar-refractivity contribution in [1.82, 2.24) is 58.6 Å². The van der Waals surface area contributed by atoms with Crippen molar-refractivity contribution in [3.63, 3.8) is 0 Å². The molecule has 372 valence electrons. The number of hydrogen-bond acceptors (Lipinski definition) is 14. The van der Waals surface area contributed by atoms with Crippen molar-refractivity contribution in [2.75, 3.05) is 51.9 Å². The molecule has 71 heavy (non-hydrogen) atoms. The Morgan fingerprint density at radius 2 is 1.07 bits per heavy atom. The maximum atomic E-state index is 13.3. The zero-order chi connectivity index (χ0) is 50.3. The molecule has 2 aliphatic carbocycles. The number of amides is 4. The first-order chi connectivity index (χ1) is 33.9. The summed E-state index contributed by atoms with van der Waals surface area (Å²) in [6.45, 7) is 6.51. The molecule has 6 aromatic rings. The quantitative estimate of drug-likeness (QED) is 0.122. The highest BCUT2D eigenvalue weighted by Crippen LogP contribution is 2.37. The third kappa shape index (κ3) is 10.2. The van der Waals surface area contributed by atoms with E-state index in [1.54, 1.807) is 79.7 Å². The van der Waals surface area contributed by atoms with Crippen LogP contribution in [0.4, 0.5) is 28.3 Å². The molecule has 0 aromatic carbocycles. The van der Waals surface area contributed by atoms with E-state index in [1.807, 2.05) is 42.4 Å². The molecule has 10 rings (SSSR count). The maximum absolute atomic E-state index is 13.3. The van der Waals surface area contributed by atoms with Crippen molar-refractivity contribution in [3.05, 3.63) is 83.7 Å². The molecule has 2 aliphatic heterocycles. The van der Waals surface area contributed by atoms with Gasteiger partial charge in [0.05, 0.1) is 23.2 Å². The lowest BCUT2D eigenvalue weighted by molar-refractivity contribution is 0.0126. The molecule has 4 fully saturated rings. The lowest BCUT2D eigenvalue weighted by Crippen LogP contribution is -2.51. The van der Waals surface area contributed by atoms with Crippen molar-refractivity contribution in [2.24, 2.45) is 0 Å². The number of carboxylic acid groups (broad SMARTS) is 1. The normalized spacial score (nSPS) is 17.9. The van der Waals surface area contributed by atoms with Gasteiger partial charge in [0.15, 0.2) is 0 Å². The van der Waals surface area contributed by atoms with Gasteiger partial charge in [0, 0.05) is 88.9 Å². The van der Waals surface area contributed by atoms with Gasteiger partial charge in [-0.05, 0) is 89.3 Å². The summed E-state index contributed by atoms with van der Waals surface area (Å²) in [6.07, 6.45) is 15.3. The Morgan fingerprint density at radius 3 is 1.46 bits per heavy atom. The molecule has 3 N–H and O–H groups in total. The van der Waals surface area contributed by atoms with Gasteiger partial charge in [-0.25, -0.2) is 29.5 Å². The van der Waals surface area contributed by atoms with Gasteiger partial charge in [0.2, 0.25) is 11.9 Å². The highest BCUT2D eigenvalue weighted by molar-refractivity contribution is 5.99. The van der Waals surface area contributed by atoms with Gasteiger partial charge < -0.3 is 49.2 Å². The monoisotopic (exact) mass is 968 g/mol. The van der Waals surface area contributed by atoms with Crippen LogP contribution in [-0.2, 0) is 4.74 Å². The Kier molecular flexibility index (Phi) is 13.3. The summed E-state index contributed by atoms with van der Waals surface area (Å²) in [5.41, 5.74) is 2.71. The number of aromatic carboxylic acids is 1. The first-order valence-electron chi connectivity index (χ1n) is 24.1. The van der Waals surface area contributed by atoms with Crippen LogP contribution in [0.1, 0.15) is 132 Å². The smallest absolute Gasteiger partial charge is 0.410 e. The average molecular weight is 969 g/mol. The second-order valence-electron chi connectivity index (χ2n) is 20.1. The predicted octanol–water partition coefficient (Wildman–Crippen LogP) is 7.31. The number of nitrogens with one attached hydrogen (secondary N) is 2. The summed E-state index contributed by atoms with van der Waals surface area (Å²) in [5.74, 6) is 0.412. The van der Waals surface area contributed by atoms with Crippen LogP contribution in [0.15, 0.2) is 61.2 Å². The number of aromatic nitrogens is 8. The molecule has 2 saturated heterocycles. The summed E-state index contributed by atoms with van der Waals surface area (Å²) in [7, 11) is 6.99. The summed E-state index contributed by atoms with van der Waals surface area (Å²) in [5, 5.41) is 16.8. The molecule has 0 spiro atoms. The van der Waals surface area contributed by atoms with E-state index < -0.39 is 11.6 Å². The first kappa shape index (κ1) is 48.3. The van der Waals surface area contributed by atoms with Crippen LogP contribution in [-0.4, -0.2) is 152 Å². The fraction of sp³-hybridized carbons (Fsp3) is 0.460.